The molecule has 6 nitrogen and oxygen atoms in total. The Morgan fingerprint density at radius 2 is 1.96 bits per heavy atom. The van der Waals surface area contributed by atoms with Crippen molar-refractivity contribution in [3.63, 3.8) is 0 Å². The van der Waals surface area contributed by atoms with Gasteiger partial charge in [-0.2, -0.15) is 0 Å². The third-order valence-electron chi connectivity index (χ3n) is 5.37. The van der Waals surface area contributed by atoms with Crippen molar-refractivity contribution in [1.29, 1.82) is 0 Å². The van der Waals surface area contributed by atoms with Crippen LogP contribution < -0.4 is 15.9 Å². The van der Waals surface area contributed by atoms with Gasteiger partial charge >= 0.3 is 0 Å². The number of hydrogen-bond acceptors (Lipinski definition) is 5. The van der Waals surface area contributed by atoms with Gasteiger partial charge < -0.3 is 10.5 Å². The number of nitrogens with one attached hydrogen (secondary N) is 1. The van der Waals surface area contributed by atoms with Crippen molar-refractivity contribution in [1.82, 2.24) is 15.4 Å². The molecule has 0 spiro atoms. The summed E-state index contributed by atoms with van der Waals surface area (Å²) in [7, 11) is 1.88. The molecular weight excluding hydrogens is 352 g/mol. The van der Waals surface area contributed by atoms with Crippen molar-refractivity contribution in [3.8, 4) is 11.6 Å². The van der Waals surface area contributed by atoms with Gasteiger partial charge in [0, 0.05) is 24.4 Å². The first-order valence-electron chi connectivity index (χ1n) is 9.51. The van der Waals surface area contributed by atoms with Crippen molar-refractivity contribution in [2.75, 3.05) is 13.6 Å². The molecule has 1 amide bonds. The molecule has 0 radical (unpaired) electrons. The number of carbonyl (C=O) groups is 1. The Morgan fingerprint density at radius 3 is 2.64 bits per heavy atom. The van der Waals surface area contributed by atoms with Crippen LogP contribution in [0.25, 0.3) is 5.57 Å². The second-order valence-corrected chi connectivity index (χ2v) is 7.30. The fraction of sp³-hybridized carbons (Fsp3) is 0.364. The molecule has 2 aromatic rings. The summed E-state index contributed by atoms with van der Waals surface area (Å²) in [6, 6.07) is 7.99. The van der Waals surface area contributed by atoms with Gasteiger partial charge in [0.25, 0.3) is 5.91 Å². The zero-order valence-electron chi connectivity index (χ0n) is 17.2. The minimum Gasteiger partial charge on any atom is -0.439 e. The van der Waals surface area contributed by atoms with Gasteiger partial charge in [-0.05, 0) is 81.1 Å². The predicted octanol–water partition coefficient (Wildman–Crippen LogP) is 3.13. The number of rotatable bonds is 5. The van der Waals surface area contributed by atoms with Gasteiger partial charge in [0.05, 0.1) is 6.04 Å². The van der Waals surface area contributed by atoms with Gasteiger partial charge in [-0.25, -0.2) is 9.99 Å². The van der Waals surface area contributed by atoms with E-state index in [1.54, 1.807) is 6.20 Å². The first-order valence-corrected chi connectivity index (χ1v) is 9.51. The summed E-state index contributed by atoms with van der Waals surface area (Å²) in [5.41, 5.74) is 14.6. The molecule has 0 saturated heterocycles. The Labute approximate surface area is 166 Å². The fourth-order valence-corrected chi connectivity index (χ4v) is 3.61. The molecule has 0 fully saturated rings. The van der Waals surface area contributed by atoms with Crippen molar-refractivity contribution >= 4 is 11.5 Å². The minimum atomic E-state index is -0.0642. The summed E-state index contributed by atoms with van der Waals surface area (Å²) in [6.07, 6.45) is 2.47. The molecule has 1 aromatic carbocycles. The third-order valence-corrected chi connectivity index (χ3v) is 5.37. The average Bonchev–Trinajstić information content (AvgIpc) is 2.65. The molecule has 3 N–H and O–H groups in total. The van der Waals surface area contributed by atoms with E-state index >= 15 is 0 Å². The average molecular weight is 380 g/mol. The highest BCUT2D eigenvalue weighted by atomic mass is 16.5. The molecule has 1 aliphatic rings. The Hall–Kier alpha value is -2.70. The Balaban J connectivity index is 1.95. The van der Waals surface area contributed by atoms with E-state index < -0.39 is 0 Å². The van der Waals surface area contributed by atoms with Gasteiger partial charge in [0.15, 0.2) is 0 Å². The lowest BCUT2D eigenvalue weighted by Gasteiger charge is -2.34. The molecule has 28 heavy (non-hydrogen) atoms. The Kier molecular flexibility index (Phi) is 5.82. The smallest absolute Gasteiger partial charge is 0.261 e. The molecule has 2 heterocycles. The first kappa shape index (κ1) is 20.0. The molecule has 1 aliphatic heterocycles. The Bertz CT molecular complexity index is 936. The predicted molar refractivity (Wildman–Crippen MR) is 111 cm³/mol. The lowest BCUT2D eigenvalue weighted by atomic mass is 9.90. The molecule has 1 unspecified atom stereocenters. The van der Waals surface area contributed by atoms with Gasteiger partial charge in [-0.1, -0.05) is 6.07 Å². The van der Waals surface area contributed by atoms with Crippen LogP contribution in [-0.2, 0) is 11.2 Å². The number of amides is 1. The summed E-state index contributed by atoms with van der Waals surface area (Å²) in [5.74, 6) is 1.25. The highest BCUT2D eigenvalue weighted by Gasteiger charge is 2.28. The summed E-state index contributed by atoms with van der Waals surface area (Å²) in [6.45, 7) is 8.56. The van der Waals surface area contributed by atoms with Gasteiger partial charge in [0.1, 0.15) is 5.75 Å². The first-order chi connectivity index (χ1) is 13.3. The molecule has 1 aromatic heterocycles. The highest BCUT2D eigenvalue weighted by Crippen LogP contribution is 2.33. The maximum Gasteiger partial charge on any atom is 0.261 e. The number of likely N-dealkylation sites (N-methyl/N-ethyl adjacent to an activating group) is 1. The summed E-state index contributed by atoms with van der Waals surface area (Å²) in [4.78, 5) is 16.6. The quantitative estimate of drug-likeness (QED) is 0.833. The van der Waals surface area contributed by atoms with Crippen LogP contribution in [0, 0.1) is 13.8 Å². The number of pyridine rings is 1. The molecule has 0 aliphatic carbocycles. The number of nitrogens with two attached hydrogens (primary N) is 1. The van der Waals surface area contributed by atoms with E-state index in [2.05, 4.69) is 17.3 Å². The van der Waals surface area contributed by atoms with Crippen molar-refractivity contribution in [2.24, 2.45) is 5.73 Å². The number of hydrogen-bond donors (Lipinski definition) is 2. The van der Waals surface area contributed by atoms with Crippen LogP contribution >= 0.6 is 0 Å². The number of hydrazine groups is 1. The van der Waals surface area contributed by atoms with E-state index in [1.165, 1.54) is 0 Å². The number of carbonyl (C=O) groups excluding carboxylic acids is 1. The second kappa shape index (κ2) is 8.12. The number of benzene rings is 1. The number of aryl methyl sites for hydroxylation is 2. The van der Waals surface area contributed by atoms with Gasteiger partial charge in [0.2, 0.25) is 5.88 Å². The van der Waals surface area contributed by atoms with E-state index in [0.29, 0.717) is 12.4 Å². The van der Waals surface area contributed by atoms with Crippen molar-refractivity contribution in [3.05, 3.63) is 58.3 Å². The van der Waals surface area contributed by atoms with Crippen LogP contribution in [0.2, 0.25) is 0 Å². The van der Waals surface area contributed by atoms with Crippen LogP contribution in [0.4, 0.5) is 0 Å². The maximum atomic E-state index is 12.2. The molecule has 6 heteroatoms. The number of aromatic nitrogens is 1. The van der Waals surface area contributed by atoms with E-state index in [-0.39, 0.29) is 11.9 Å². The van der Waals surface area contributed by atoms with E-state index in [0.717, 1.165) is 45.6 Å². The third kappa shape index (κ3) is 3.79. The van der Waals surface area contributed by atoms with Crippen molar-refractivity contribution in [2.45, 2.75) is 40.2 Å². The van der Waals surface area contributed by atoms with Gasteiger partial charge in [-0.15, -0.1) is 0 Å². The van der Waals surface area contributed by atoms with Crippen LogP contribution in [0.3, 0.4) is 0 Å². The monoisotopic (exact) mass is 380 g/mol. The van der Waals surface area contributed by atoms with Crippen LogP contribution in [0.5, 0.6) is 11.6 Å². The second-order valence-electron chi connectivity index (χ2n) is 7.30. The van der Waals surface area contributed by atoms with Crippen LogP contribution in [0.15, 0.2) is 36.0 Å². The number of nitrogens with zero attached hydrogens (tertiary/aromatic N) is 2. The normalized spacial score (nSPS) is 17.6. The highest BCUT2D eigenvalue weighted by molar-refractivity contribution is 6.03. The lowest BCUT2D eigenvalue weighted by molar-refractivity contribution is -0.122. The molecule has 148 valence electrons. The van der Waals surface area contributed by atoms with Crippen LogP contribution in [-0.4, -0.2) is 35.5 Å². The summed E-state index contributed by atoms with van der Waals surface area (Å²) >= 11 is 0. The molecule has 0 saturated carbocycles. The molecule has 0 bridgehead atoms. The van der Waals surface area contributed by atoms with Crippen LogP contribution in [0.1, 0.15) is 36.1 Å². The van der Waals surface area contributed by atoms with E-state index in [1.807, 2.05) is 57.1 Å². The molecular formula is C22H28N4O2. The zero-order chi connectivity index (χ0) is 20.4. The van der Waals surface area contributed by atoms with Crippen molar-refractivity contribution < 1.29 is 9.53 Å². The van der Waals surface area contributed by atoms with Gasteiger partial charge in [-0.3, -0.25) is 10.2 Å². The fourth-order valence-electron chi connectivity index (χ4n) is 3.61. The SMILES string of the molecule is CC1=C(c2ccc(Oc3nccc(C)c3CCN)cc2C)C(C)N(C)NC1=O. The number of ether oxygens (including phenoxy) is 1. The molecule has 3 rings (SSSR count). The largest absolute Gasteiger partial charge is 0.439 e. The summed E-state index contributed by atoms with van der Waals surface area (Å²) in [5, 5.41) is 1.84. The zero-order valence-corrected chi connectivity index (χ0v) is 17.2. The van der Waals surface area contributed by atoms with E-state index in [9.17, 15) is 4.79 Å². The van der Waals surface area contributed by atoms with E-state index in [4.69, 9.17) is 10.5 Å². The summed E-state index contributed by atoms with van der Waals surface area (Å²) < 4.78 is 6.09. The maximum absolute atomic E-state index is 12.2. The molecule has 1 atom stereocenters. The standard InChI is InChI=1S/C22H28N4O2/c1-13-9-11-24-22(19(13)8-10-23)28-17-6-7-18(14(2)12-17)20-15(3)21(27)25-26(5)16(20)4/h6-7,9,11-12,16H,8,10,23H2,1-5H3,(H,25,27). The minimum absolute atomic E-state index is 0.0642. The topological polar surface area (TPSA) is 80.5 Å². The Morgan fingerprint density at radius 1 is 1.21 bits per heavy atom. The lowest BCUT2D eigenvalue weighted by Crippen LogP contribution is -2.49.